The smallest absolute Gasteiger partial charge is 0.372 e. The molecule has 0 bridgehead atoms. The maximum absolute atomic E-state index is 11.5. The SMILES string of the molecule is C=C(C)C(=O)O/C(C(=O)O)=C(/CC)c1ccccc1. The summed E-state index contributed by atoms with van der Waals surface area (Å²) in [6, 6.07) is 8.97. The average Bonchev–Trinajstić information content (AvgIpc) is 2.39. The lowest BCUT2D eigenvalue weighted by Crippen LogP contribution is -2.13. The summed E-state index contributed by atoms with van der Waals surface area (Å²) in [5.41, 5.74) is 1.35. The third-order valence-corrected chi connectivity index (χ3v) is 2.49. The summed E-state index contributed by atoms with van der Waals surface area (Å²) in [4.78, 5) is 22.8. The van der Waals surface area contributed by atoms with Gasteiger partial charge in [-0.1, -0.05) is 43.8 Å². The lowest BCUT2D eigenvalue weighted by Gasteiger charge is -2.11. The standard InChI is InChI=1S/C15H16O4/c1-4-12(11-8-6-5-7-9-11)13(14(16)17)19-15(18)10(2)3/h5-9H,2,4H2,1,3H3,(H,16,17)/b13-12-. The van der Waals surface area contributed by atoms with Gasteiger partial charge in [0.2, 0.25) is 5.76 Å². The van der Waals surface area contributed by atoms with Gasteiger partial charge in [0.1, 0.15) is 0 Å². The van der Waals surface area contributed by atoms with E-state index in [1.165, 1.54) is 6.92 Å². The van der Waals surface area contributed by atoms with E-state index in [4.69, 9.17) is 4.74 Å². The van der Waals surface area contributed by atoms with Crippen LogP contribution in [0.3, 0.4) is 0 Å². The molecule has 0 heterocycles. The molecule has 0 aliphatic carbocycles. The molecule has 0 unspecified atom stereocenters. The van der Waals surface area contributed by atoms with E-state index in [-0.39, 0.29) is 11.3 Å². The van der Waals surface area contributed by atoms with E-state index in [1.807, 2.05) is 6.07 Å². The van der Waals surface area contributed by atoms with E-state index >= 15 is 0 Å². The van der Waals surface area contributed by atoms with Crippen LogP contribution in [0, 0.1) is 0 Å². The first kappa shape index (κ1) is 14.7. The van der Waals surface area contributed by atoms with Gasteiger partial charge in [0.25, 0.3) is 0 Å². The highest BCUT2D eigenvalue weighted by atomic mass is 16.6. The molecular weight excluding hydrogens is 244 g/mol. The Balaban J connectivity index is 3.26. The van der Waals surface area contributed by atoms with Crippen molar-refractivity contribution in [2.75, 3.05) is 0 Å². The van der Waals surface area contributed by atoms with Gasteiger partial charge < -0.3 is 9.84 Å². The minimum atomic E-state index is -1.27. The molecule has 1 aromatic rings. The lowest BCUT2D eigenvalue weighted by molar-refractivity contribution is -0.145. The van der Waals surface area contributed by atoms with Gasteiger partial charge in [0.15, 0.2) is 0 Å². The number of hydrogen-bond acceptors (Lipinski definition) is 3. The zero-order valence-electron chi connectivity index (χ0n) is 11.0. The van der Waals surface area contributed by atoms with Gasteiger partial charge >= 0.3 is 11.9 Å². The molecule has 0 aliphatic heterocycles. The minimum Gasteiger partial charge on any atom is -0.475 e. The molecule has 4 nitrogen and oxygen atoms in total. The van der Waals surface area contributed by atoms with Crippen LogP contribution in [0.15, 0.2) is 48.2 Å². The summed E-state index contributed by atoms with van der Waals surface area (Å²) in [5.74, 6) is -2.35. The van der Waals surface area contributed by atoms with Crippen molar-refractivity contribution < 1.29 is 19.4 Å². The number of hydrogen-bond donors (Lipinski definition) is 1. The van der Waals surface area contributed by atoms with Crippen LogP contribution in [0.25, 0.3) is 5.57 Å². The molecule has 4 heteroatoms. The number of carbonyl (C=O) groups is 2. The van der Waals surface area contributed by atoms with Crippen LogP contribution in [0.2, 0.25) is 0 Å². The molecule has 19 heavy (non-hydrogen) atoms. The molecule has 0 atom stereocenters. The lowest BCUT2D eigenvalue weighted by atomic mass is 10.0. The molecule has 1 aromatic carbocycles. The molecular formula is C15H16O4. The highest BCUT2D eigenvalue weighted by Crippen LogP contribution is 2.23. The normalized spacial score (nSPS) is 11.5. The van der Waals surface area contributed by atoms with E-state index in [1.54, 1.807) is 31.2 Å². The molecule has 100 valence electrons. The summed E-state index contributed by atoms with van der Waals surface area (Å²) >= 11 is 0. The van der Waals surface area contributed by atoms with Crippen molar-refractivity contribution in [3.05, 3.63) is 53.8 Å². The Kier molecular flexibility index (Phi) is 5.06. The number of esters is 1. The van der Waals surface area contributed by atoms with E-state index in [0.29, 0.717) is 12.0 Å². The number of carboxylic acid groups (broad SMARTS) is 1. The number of ether oxygens (including phenoxy) is 1. The van der Waals surface area contributed by atoms with Gasteiger partial charge in [0.05, 0.1) is 0 Å². The summed E-state index contributed by atoms with van der Waals surface area (Å²) in [6.07, 6.45) is 0.440. The van der Waals surface area contributed by atoms with Gasteiger partial charge in [-0.15, -0.1) is 0 Å². The third-order valence-electron chi connectivity index (χ3n) is 2.49. The first-order chi connectivity index (χ1) is 8.97. The molecule has 0 spiro atoms. The van der Waals surface area contributed by atoms with Crippen molar-refractivity contribution in [3.63, 3.8) is 0 Å². The molecule has 0 fully saturated rings. The Hall–Kier alpha value is -2.36. The predicted molar refractivity (Wildman–Crippen MR) is 72.2 cm³/mol. The number of aliphatic carboxylic acids is 1. The van der Waals surface area contributed by atoms with Gasteiger partial charge in [0, 0.05) is 11.1 Å². The second-order valence-corrected chi connectivity index (χ2v) is 4.00. The molecule has 0 aromatic heterocycles. The second kappa shape index (κ2) is 6.54. The Morgan fingerprint density at radius 2 is 1.84 bits per heavy atom. The third kappa shape index (κ3) is 3.81. The summed E-state index contributed by atoms with van der Waals surface area (Å²) < 4.78 is 4.92. The summed E-state index contributed by atoms with van der Waals surface area (Å²) in [5, 5.41) is 9.20. The van der Waals surface area contributed by atoms with E-state index in [2.05, 4.69) is 6.58 Å². The Morgan fingerprint density at radius 1 is 1.26 bits per heavy atom. The number of benzene rings is 1. The van der Waals surface area contributed by atoms with Crippen molar-refractivity contribution >= 4 is 17.5 Å². The second-order valence-electron chi connectivity index (χ2n) is 4.00. The molecule has 1 N–H and O–H groups in total. The summed E-state index contributed by atoms with van der Waals surface area (Å²) in [6.45, 7) is 6.71. The van der Waals surface area contributed by atoms with Crippen molar-refractivity contribution in [1.29, 1.82) is 0 Å². The molecule has 0 amide bonds. The van der Waals surface area contributed by atoms with Gasteiger partial charge in [-0.05, 0) is 18.9 Å². The topological polar surface area (TPSA) is 63.6 Å². The van der Waals surface area contributed by atoms with Crippen LogP contribution < -0.4 is 0 Å². The van der Waals surface area contributed by atoms with Crippen LogP contribution in [-0.4, -0.2) is 17.0 Å². The van der Waals surface area contributed by atoms with Crippen LogP contribution >= 0.6 is 0 Å². The van der Waals surface area contributed by atoms with Crippen LogP contribution in [-0.2, 0) is 14.3 Å². The van der Waals surface area contributed by atoms with Crippen molar-refractivity contribution in [2.24, 2.45) is 0 Å². The number of carboxylic acids is 1. The fourth-order valence-corrected chi connectivity index (χ4v) is 1.55. The number of allylic oxidation sites excluding steroid dienone is 1. The fourth-order valence-electron chi connectivity index (χ4n) is 1.55. The molecule has 0 saturated carbocycles. The number of carbonyl (C=O) groups excluding carboxylic acids is 1. The monoisotopic (exact) mass is 260 g/mol. The van der Waals surface area contributed by atoms with Crippen LogP contribution in [0.1, 0.15) is 25.8 Å². The molecule has 1 rings (SSSR count). The Labute approximate surface area is 112 Å². The van der Waals surface area contributed by atoms with E-state index in [9.17, 15) is 14.7 Å². The summed E-state index contributed by atoms with van der Waals surface area (Å²) in [7, 11) is 0. The maximum atomic E-state index is 11.5. The predicted octanol–water partition coefficient (Wildman–Crippen LogP) is 3.01. The zero-order chi connectivity index (χ0) is 14.4. The van der Waals surface area contributed by atoms with Crippen molar-refractivity contribution in [3.8, 4) is 0 Å². The maximum Gasteiger partial charge on any atom is 0.372 e. The Bertz CT molecular complexity index is 526. The first-order valence-electron chi connectivity index (χ1n) is 5.87. The van der Waals surface area contributed by atoms with Gasteiger partial charge in [-0.25, -0.2) is 9.59 Å². The van der Waals surface area contributed by atoms with Gasteiger partial charge in [-0.2, -0.15) is 0 Å². The quantitative estimate of drug-likeness (QED) is 0.502. The van der Waals surface area contributed by atoms with E-state index < -0.39 is 11.9 Å². The largest absolute Gasteiger partial charge is 0.475 e. The molecule has 0 saturated heterocycles. The van der Waals surface area contributed by atoms with E-state index in [0.717, 1.165) is 5.56 Å². The van der Waals surface area contributed by atoms with Crippen molar-refractivity contribution in [1.82, 2.24) is 0 Å². The molecule has 0 aliphatic rings. The highest BCUT2D eigenvalue weighted by molar-refractivity contribution is 5.99. The first-order valence-corrected chi connectivity index (χ1v) is 5.87. The minimum absolute atomic E-state index is 0.155. The fraction of sp³-hybridized carbons (Fsp3) is 0.200. The average molecular weight is 260 g/mol. The van der Waals surface area contributed by atoms with Gasteiger partial charge in [-0.3, -0.25) is 0 Å². The van der Waals surface area contributed by atoms with Crippen LogP contribution in [0.5, 0.6) is 0 Å². The zero-order valence-corrected chi connectivity index (χ0v) is 11.0. The van der Waals surface area contributed by atoms with Crippen molar-refractivity contribution in [2.45, 2.75) is 20.3 Å². The number of rotatable bonds is 5. The van der Waals surface area contributed by atoms with Crippen LogP contribution in [0.4, 0.5) is 0 Å². The Morgan fingerprint density at radius 3 is 2.26 bits per heavy atom. The highest BCUT2D eigenvalue weighted by Gasteiger charge is 2.20. The molecule has 0 radical (unpaired) electrons.